The molecule has 0 aromatic carbocycles. The molecule has 14 heavy (non-hydrogen) atoms. The number of nitrogens with zero attached hydrogens (tertiary/aromatic N) is 2. The fourth-order valence-corrected chi connectivity index (χ4v) is 1.60. The number of likely N-dealkylation sites (tertiary alicyclic amines) is 1. The lowest BCUT2D eigenvalue weighted by atomic mass is 10.3. The van der Waals surface area contributed by atoms with Crippen LogP contribution in [-0.4, -0.2) is 28.6 Å². The number of hydrogen-bond donors (Lipinski definition) is 1. The van der Waals surface area contributed by atoms with Crippen molar-refractivity contribution in [2.24, 2.45) is 5.73 Å². The van der Waals surface area contributed by atoms with Gasteiger partial charge >= 0.3 is 0 Å². The second-order valence-corrected chi connectivity index (χ2v) is 3.59. The minimum Gasteiger partial charge on any atom is -0.359 e. The molecule has 2 heterocycles. The molecule has 1 amide bonds. The third-order valence-corrected chi connectivity index (χ3v) is 2.36. The molecule has 1 fully saturated rings. The van der Waals surface area contributed by atoms with Gasteiger partial charge in [-0.15, -0.1) is 0 Å². The minimum atomic E-state index is -0.334. The van der Waals surface area contributed by atoms with Gasteiger partial charge in [-0.1, -0.05) is 5.16 Å². The topological polar surface area (TPSA) is 72.4 Å². The molecule has 5 nitrogen and oxygen atoms in total. The van der Waals surface area contributed by atoms with Crippen LogP contribution < -0.4 is 5.73 Å². The lowest BCUT2D eigenvalue weighted by Gasteiger charge is -2.12. The summed E-state index contributed by atoms with van der Waals surface area (Å²) < 4.78 is 5.03. The smallest absolute Gasteiger partial charge is 0.239 e. The van der Waals surface area contributed by atoms with E-state index in [9.17, 15) is 4.79 Å². The summed E-state index contributed by atoms with van der Waals surface area (Å²) in [5, 5.41) is 3.76. The molecule has 1 unspecified atom stereocenters. The first kappa shape index (κ1) is 9.21. The first-order valence-electron chi connectivity index (χ1n) is 4.63. The second kappa shape index (κ2) is 3.42. The van der Waals surface area contributed by atoms with Crippen molar-refractivity contribution >= 4 is 5.91 Å². The Labute approximate surface area is 81.8 Å². The fourth-order valence-electron chi connectivity index (χ4n) is 1.60. The number of aryl methyl sites for hydroxylation is 1. The van der Waals surface area contributed by atoms with Crippen molar-refractivity contribution in [2.45, 2.75) is 25.9 Å². The Balaban J connectivity index is 2.02. The normalized spacial score (nSPS) is 22.0. The predicted molar refractivity (Wildman–Crippen MR) is 49.2 cm³/mol. The van der Waals surface area contributed by atoms with E-state index in [1.165, 1.54) is 0 Å². The summed E-state index contributed by atoms with van der Waals surface area (Å²) in [5.74, 6) is 0.712. The van der Waals surface area contributed by atoms with E-state index in [0.29, 0.717) is 18.8 Å². The molecule has 0 bridgehead atoms. The highest BCUT2D eigenvalue weighted by Crippen LogP contribution is 2.14. The van der Waals surface area contributed by atoms with Gasteiger partial charge in [-0.2, -0.15) is 0 Å². The number of carbonyl (C=O) groups excluding carboxylic acids is 1. The lowest BCUT2D eigenvalue weighted by Crippen LogP contribution is -2.33. The van der Waals surface area contributed by atoms with Crippen molar-refractivity contribution in [1.82, 2.24) is 10.1 Å². The van der Waals surface area contributed by atoms with E-state index in [-0.39, 0.29) is 11.9 Å². The van der Waals surface area contributed by atoms with Gasteiger partial charge in [0.05, 0.1) is 18.3 Å². The fraction of sp³-hybridized carbons (Fsp3) is 0.556. The number of aromatic nitrogens is 1. The van der Waals surface area contributed by atoms with Crippen molar-refractivity contribution in [3.8, 4) is 0 Å². The van der Waals surface area contributed by atoms with Crippen LogP contribution in [0.1, 0.15) is 17.9 Å². The zero-order valence-corrected chi connectivity index (χ0v) is 8.06. The van der Waals surface area contributed by atoms with Crippen molar-refractivity contribution < 1.29 is 9.32 Å². The second-order valence-electron chi connectivity index (χ2n) is 3.59. The van der Waals surface area contributed by atoms with E-state index in [4.69, 9.17) is 10.3 Å². The largest absolute Gasteiger partial charge is 0.359 e. The number of nitrogens with two attached hydrogens (primary N) is 1. The van der Waals surface area contributed by atoms with Crippen LogP contribution in [0.5, 0.6) is 0 Å². The van der Waals surface area contributed by atoms with Crippen molar-refractivity contribution in [1.29, 1.82) is 0 Å². The summed E-state index contributed by atoms with van der Waals surface area (Å²) >= 11 is 0. The van der Waals surface area contributed by atoms with E-state index in [1.807, 2.05) is 13.0 Å². The predicted octanol–water partition coefficient (Wildman–Crippen LogP) is 0.0426. The van der Waals surface area contributed by atoms with Gasteiger partial charge in [0, 0.05) is 12.6 Å². The van der Waals surface area contributed by atoms with Gasteiger partial charge < -0.3 is 15.2 Å². The monoisotopic (exact) mass is 195 g/mol. The van der Waals surface area contributed by atoms with E-state index >= 15 is 0 Å². The third-order valence-electron chi connectivity index (χ3n) is 2.36. The first-order valence-corrected chi connectivity index (χ1v) is 4.63. The standard InChI is InChI=1S/C9H13N3O2/c1-6-4-7(14-11-6)5-12-3-2-8(10)9(12)13/h4,8H,2-3,5,10H2,1H3. The summed E-state index contributed by atoms with van der Waals surface area (Å²) in [5.41, 5.74) is 6.42. The molecule has 2 N–H and O–H groups in total. The zero-order chi connectivity index (χ0) is 10.1. The maximum Gasteiger partial charge on any atom is 0.239 e. The van der Waals surface area contributed by atoms with Crippen LogP contribution >= 0.6 is 0 Å². The van der Waals surface area contributed by atoms with Crippen LogP contribution in [0.3, 0.4) is 0 Å². The quantitative estimate of drug-likeness (QED) is 0.723. The average molecular weight is 195 g/mol. The summed E-state index contributed by atoms with van der Waals surface area (Å²) in [6.45, 7) is 3.04. The van der Waals surface area contributed by atoms with Crippen LogP contribution in [0, 0.1) is 6.92 Å². The molecule has 0 saturated carbocycles. The van der Waals surface area contributed by atoms with Crippen molar-refractivity contribution in [3.05, 3.63) is 17.5 Å². The summed E-state index contributed by atoms with van der Waals surface area (Å²) in [6, 6.07) is 1.50. The Morgan fingerprint density at radius 1 is 1.79 bits per heavy atom. The van der Waals surface area contributed by atoms with Crippen molar-refractivity contribution in [2.75, 3.05) is 6.54 Å². The molecule has 1 aliphatic heterocycles. The molecular weight excluding hydrogens is 182 g/mol. The minimum absolute atomic E-state index is 0.000877. The molecule has 0 aliphatic carbocycles. The van der Waals surface area contributed by atoms with Gasteiger partial charge in [-0.05, 0) is 13.3 Å². The van der Waals surface area contributed by atoms with E-state index in [0.717, 1.165) is 12.1 Å². The van der Waals surface area contributed by atoms with Gasteiger partial charge in [0.15, 0.2) is 5.76 Å². The van der Waals surface area contributed by atoms with Crippen LogP contribution in [0.2, 0.25) is 0 Å². The zero-order valence-electron chi connectivity index (χ0n) is 8.06. The van der Waals surface area contributed by atoms with Gasteiger partial charge in [0.1, 0.15) is 0 Å². The Morgan fingerprint density at radius 2 is 2.57 bits per heavy atom. The first-order chi connectivity index (χ1) is 6.66. The molecule has 5 heteroatoms. The van der Waals surface area contributed by atoms with Gasteiger partial charge in [-0.3, -0.25) is 4.79 Å². The van der Waals surface area contributed by atoms with Crippen LogP contribution in [0.25, 0.3) is 0 Å². The molecule has 1 aromatic rings. The molecule has 0 radical (unpaired) electrons. The van der Waals surface area contributed by atoms with E-state index < -0.39 is 0 Å². The van der Waals surface area contributed by atoms with E-state index in [1.54, 1.807) is 4.90 Å². The Bertz CT molecular complexity index is 348. The number of carbonyl (C=O) groups is 1. The molecular formula is C9H13N3O2. The Kier molecular flexibility index (Phi) is 2.25. The summed E-state index contributed by atoms with van der Waals surface area (Å²) in [7, 11) is 0. The van der Waals surface area contributed by atoms with E-state index in [2.05, 4.69) is 5.16 Å². The van der Waals surface area contributed by atoms with Gasteiger partial charge in [0.2, 0.25) is 5.91 Å². The Morgan fingerprint density at radius 3 is 3.07 bits per heavy atom. The average Bonchev–Trinajstić information content (AvgIpc) is 2.67. The molecule has 1 saturated heterocycles. The van der Waals surface area contributed by atoms with Gasteiger partial charge in [0.25, 0.3) is 0 Å². The Hall–Kier alpha value is -1.36. The SMILES string of the molecule is Cc1cc(CN2CCC(N)C2=O)on1. The van der Waals surface area contributed by atoms with Crippen LogP contribution in [0.15, 0.2) is 10.6 Å². The number of amides is 1. The maximum absolute atomic E-state index is 11.5. The van der Waals surface area contributed by atoms with Crippen LogP contribution in [-0.2, 0) is 11.3 Å². The third kappa shape index (κ3) is 1.63. The molecule has 2 rings (SSSR count). The maximum atomic E-state index is 11.5. The van der Waals surface area contributed by atoms with Crippen LogP contribution in [0.4, 0.5) is 0 Å². The summed E-state index contributed by atoms with van der Waals surface area (Å²) in [6.07, 6.45) is 0.728. The molecule has 1 atom stereocenters. The number of rotatable bonds is 2. The highest BCUT2D eigenvalue weighted by molar-refractivity contribution is 5.83. The highest BCUT2D eigenvalue weighted by Gasteiger charge is 2.28. The van der Waals surface area contributed by atoms with Crippen molar-refractivity contribution in [3.63, 3.8) is 0 Å². The molecule has 1 aliphatic rings. The van der Waals surface area contributed by atoms with Gasteiger partial charge in [-0.25, -0.2) is 0 Å². The molecule has 0 spiro atoms. The molecule has 1 aromatic heterocycles. The number of hydrogen-bond acceptors (Lipinski definition) is 4. The summed E-state index contributed by atoms with van der Waals surface area (Å²) in [4.78, 5) is 13.2. The highest BCUT2D eigenvalue weighted by atomic mass is 16.5. The molecule has 76 valence electrons. The lowest BCUT2D eigenvalue weighted by molar-refractivity contribution is -0.129.